The van der Waals surface area contributed by atoms with Crippen molar-refractivity contribution in [2.24, 2.45) is 0 Å². The molecule has 0 saturated carbocycles. The maximum atomic E-state index is 8.74. The van der Waals surface area contributed by atoms with E-state index < -0.39 is 10.4 Å². The molecule has 22 heavy (non-hydrogen) atoms. The summed E-state index contributed by atoms with van der Waals surface area (Å²) in [5, 5.41) is 8.61. The number of hydrogen-bond donors (Lipinski definition) is 5. The van der Waals surface area contributed by atoms with Gasteiger partial charge in [0, 0.05) is 6.61 Å². The van der Waals surface area contributed by atoms with Crippen molar-refractivity contribution in [2.75, 3.05) is 6.61 Å². The van der Waals surface area contributed by atoms with Crippen LogP contribution in [0.4, 0.5) is 0 Å². The summed E-state index contributed by atoms with van der Waals surface area (Å²) in [6.45, 7) is 2.64. The fourth-order valence-electron chi connectivity index (χ4n) is 1.95. The molecule has 0 aromatic carbocycles. The fraction of sp³-hybridized carbons (Fsp3) is 1.00. The summed E-state index contributed by atoms with van der Waals surface area (Å²) in [5.41, 5.74) is 0. The Morgan fingerprint density at radius 3 is 1.09 bits per heavy atom. The van der Waals surface area contributed by atoms with Gasteiger partial charge in [-0.05, 0) is 6.42 Å². The maximum absolute atomic E-state index is 8.74. The average Bonchev–Trinajstić information content (AvgIpc) is 2.34. The normalized spacial score (nSPS) is 10.0. The third-order valence-electron chi connectivity index (χ3n) is 3.01. The van der Waals surface area contributed by atoms with Crippen molar-refractivity contribution in [1.82, 2.24) is 12.3 Å². The lowest BCUT2D eigenvalue weighted by molar-refractivity contribution is 0.282. The molecule has 140 valence electrons. The molecule has 0 aliphatic rings. The first-order valence-corrected chi connectivity index (χ1v) is 9.12. The minimum Gasteiger partial charge on any atom is -0.396 e. The number of aliphatic hydroxyl groups is 1. The van der Waals surface area contributed by atoms with Crippen LogP contribution in [-0.2, 0) is 10.4 Å². The van der Waals surface area contributed by atoms with Crippen LogP contribution >= 0.6 is 0 Å². The quantitative estimate of drug-likeness (QED) is 0.259. The second-order valence-electron chi connectivity index (χ2n) is 5.06. The van der Waals surface area contributed by atoms with E-state index in [1.807, 2.05) is 0 Å². The molecule has 0 aromatic heterocycles. The van der Waals surface area contributed by atoms with E-state index in [1.165, 1.54) is 70.6 Å². The Morgan fingerprint density at radius 1 is 0.636 bits per heavy atom. The van der Waals surface area contributed by atoms with Crippen molar-refractivity contribution < 1.29 is 22.6 Å². The summed E-state index contributed by atoms with van der Waals surface area (Å²) in [7, 11) is -4.67. The standard InChI is InChI=1S/C14H30O.2H3N.H2O4S/c1-2-3-4-5-6-7-8-9-10-11-12-13-14-15;;;1-5(2,3)4/h15H,2-14H2,1H3;2*1H3;(H2,1,2,3,4). The largest absolute Gasteiger partial charge is 0.396 e. The van der Waals surface area contributed by atoms with Gasteiger partial charge in [0.05, 0.1) is 0 Å². The van der Waals surface area contributed by atoms with E-state index in [0.717, 1.165) is 6.42 Å². The van der Waals surface area contributed by atoms with Crippen LogP contribution in [-0.4, -0.2) is 29.2 Å². The SMILES string of the molecule is CCCCCCCCCCCCCCO.N.N.O=S(=O)(O)O. The Balaban J connectivity index is -0.000000201. The van der Waals surface area contributed by atoms with Crippen LogP contribution in [0.2, 0.25) is 0 Å². The fourth-order valence-corrected chi connectivity index (χ4v) is 1.95. The van der Waals surface area contributed by atoms with Crippen molar-refractivity contribution in [3.8, 4) is 0 Å². The minimum atomic E-state index is -4.67. The first-order valence-electron chi connectivity index (χ1n) is 7.72. The van der Waals surface area contributed by atoms with Gasteiger partial charge in [-0.25, -0.2) is 0 Å². The average molecular weight is 347 g/mol. The lowest BCUT2D eigenvalue weighted by Gasteiger charge is -2.01. The van der Waals surface area contributed by atoms with Crippen molar-refractivity contribution in [3.05, 3.63) is 0 Å². The van der Waals surface area contributed by atoms with Crippen molar-refractivity contribution in [3.63, 3.8) is 0 Å². The van der Waals surface area contributed by atoms with E-state index in [9.17, 15) is 0 Å². The van der Waals surface area contributed by atoms with Crippen molar-refractivity contribution in [1.29, 1.82) is 0 Å². The summed E-state index contributed by atoms with van der Waals surface area (Å²) in [6.07, 6.45) is 16.2. The van der Waals surface area contributed by atoms with Gasteiger partial charge >= 0.3 is 10.4 Å². The second kappa shape index (κ2) is 23.0. The van der Waals surface area contributed by atoms with E-state index in [0.29, 0.717) is 6.61 Å². The molecule has 0 amide bonds. The highest BCUT2D eigenvalue weighted by atomic mass is 32.3. The summed E-state index contributed by atoms with van der Waals surface area (Å²) >= 11 is 0. The number of unbranched alkanes of at least 4 members (excludes halogenated alkanes) is 11. The van der Waals surface area contributed by atoms with Crippen LogP contribution in [0.15, 0.2) is 0 Å². The molecule has 0 fully saturated rings. The first-order chi connectivity index (χ1) is 9.41. The summed E-state index contributed by atoms with van der Waals surface area (Å²) in [5.74, 6) is 0. The first kappa shape index (κ1) is 29.7. The van der Waals surface area contributed by atoms with Gasteiger partial charge in [-0.2, -0.15) is 8.42 Å². The van der Waals surface area contributed by atoms with Gasteiger partial charge in [0.15, 0.2) is 0 Å². The Kier molecular flexibility index (Phi) is 31.1. The monoisotopic (exact) mass is 346 g/mol. The Hall–Kier alpha value is -0.250. The zero-order chi connectivity index (χ0) is 15.7. The third kappa shape index (κ3) is 50.3. The lowest BCUT2D eigenvalue weighted by atomic mass is 10.1. The van der Waals surface area contributed by atoms with Crippen molar-refractivity contribution in [2.45, 2.75) is 84.0 Å². The van der Waals surface area contributed by atoms with E-state index in [-0.39, 0.29) is 12.3 Å². The minimum absolute atomic E-state index is 0. The number of aliphatic hydroxyl groups excluding tert-OH is 1. The Bertz CT molecular complexity index is 254. The van der Waals surface area contributed by atoms with Crippen LogP contribution < -0.4 is 12.3 Å². The highest BCUT2D eigenvalue weighted by molar-refractivity contribution is 7.79. The predicted octanol–water partition coefficient (Wildman–Crippen LogP) is 4.35. The smallest absolute Gasteiger partial charge is 0.394 e. The van der Waals surface area contributed by atoms with Gasteiger partial charge in [-0.15, -0.1) is 0 Å². The zero-order valence-electron chi connectivity index (χ0n) is 14.2. The van der Waals surface area contributed by atoms with Crippen LogP contribution in [0.5, 0.6) is 0 Å². The summed E-state index contributed by atoms with van der Waals surface area (Å²) < 4.78 is 31.6. The van der Waals surface area contributed by atoms with E-state index in [1.54, 1.807) is 0 Å². The summed E-state index contributed by atoms with van der Waals surface area (Å²) in [4.78, 5) is 0. The topological polar surface area (TPSA) is 165 Å². The van der Waals surface area contributed by atoms with Crippen LogP contribution in [0.1, 0.15) is 84.0 Å². The number of hydrogen-bond acceptors (Lipinski definition) is 5. The molecular weight excluding hydrogens is 308 g/mol. The molecule has 0 rings (SSSR count). The third-order valence-corrected chi connectivity index (χ3v) is 3.01. The van der Waals surface area contributed by atoms with Crippen LogP contribution in [0.3, 0.4) is 0 Å². The van der Waals surface area contributed by atoms with E-state index in [2.05, 4.69) is 6.92 Å². The molecule has 0 aliphatic heterocycles. The molecule has 0 heterocycles. The summed E-state index contributed by atoms with van der Waals surface area (Å²) in [6, 6.07) is 0. The van der Waals surface area contributed by atoms with Crippen LogP contribution in [0, 0.1) is 0 Å². The van der Waals surface area contributed by atoms with Gasteiger partial charge in [-0.3, -0.25) is 9.11 Å². The molecule has 7 nitrogen and oxygen atoms in total. The van der Waals surface area contributed by atoms with Gasteiger partial charge in [0.25, 0.3) is 0 Å². The Morgan fingerprint density at radius 2 is 0.864 bits per heavy atom. The van der Waals surface area contributed by atoms with Crippen LogP contribution in [0.25, 0.3) is 0 Å². The molecule has 8 heteroatoms. The molecule has 0 radical (unpaired) electrons. The number of rotatable bonds is 12. The Labute approximate surface area is 136 Å². The molecule has 0 aromatic rings. The molecule has 0 atom stereocenters. The highest BCUT2D eigenvalue weighted by Crippen LogP contribution is 2.11. The zero-order valence-corrected chi connectivity index (χ0v) is 15.0. The highest BCUT2D eigenvalue weighted by Gasteiger charge is 1.92. The molecule has 0 unspecified atom stereocenters. The van der Waals surface area contributed by atoms with Gasteiger partial charge in [-0.1, -0.05) is 77.6 Å². The van der Waals surface area contributed by atoms with Gasteiger partial charge < -0.3 is 17.4 Å². The molecule has 0 bridgehead atoms. The lowest BCUT2D eigenvalue weighted by Crippen LogP contribution is -1.89. The molecule has 9 N–H and O–H groups in total. The maximum Gasteiger partial charge on any atom is 0.394 e. The molecular formula is C14H38N2O5S. The van der Waals surface area contributed by atoms with Crippen molar-refractivity contribution >= 4 is 10.4 Å². The second-order valence-corrected chi connectivity index (χ2v) is 5.96. The molecule has 0 spiro atoms. The predicted molar refractivity (Wildman–Crippen MR) is 92.4 cm³/mol. The molecule has 0 saturated heterocycles. The van der Waals surface area contributed by atoms with Gasteiger partial charge in [0.2, 0.25) is 0 Å². The van der Waals surface area contributed by atoms with E-state index >= 15 is 0 Å². The molecule has 0 aliphatic carbocycles. The van der Waals surface area contributed by atoms with E-state index in [4.69, 9.17) is 22.6 Å². The van der Waals surface area contributed by atoms with Gasteiger partial charge in [0.1, 0.15) is 0 Å².